The third kappa shape index (κ3) is 4.68. The van der Waals surface area contributed by atoms with Gasteiger partial charge in [0, 0.05) is 37.4 Å². The topological polar surface area (TPSA) is 120 Å². The standard InChI is InChI=1S/C25H27FN6O3S/c1-15-2-5-17(10-19(15)26)25(23-29-14-30-36-23)6-8-32(13-25)24(35)31-21-11-20(16-3-4-16)28-12-18(21)22(34)27-7-9-33/h2,5,10-12,14,16,33H,3-4,6-9,13H2,1H3,(H,27,34)(H,28,31,35)/t25-/m0/s1. The number of halogens is 1. The lowest BCUT2D eigenvalue weighted by Gasteiger charge is -2.28. The lowest BCUT2D eigenvalue weighted by atomic mass is 9.80. The molecule has 1 aliphatic carbocycles. The van der Waals surface area contributed by atoms with E-state index in [9.17, 15) is 14.0 Å². The molecule has 1 aliphatic heterocycles. The van der Waals surface area contributed by atoms with Crippen molar-refractivity contribution < 1.29 is 19.1 Å². The first-order valence-electron chi connectivity index (χ1n) is 11.9. The number of carbonyl (C=O) groups excluding carboxylic acids is 2. The number of nitrogens with zero attached hydrogens (tertiary/aromatic N) is 4. The van der Waals surface area contributed by atoms with Crippen LogP contribution in [-0.4, -0.2) is 62.5 Å². The van der Waals surface area contributed by atoms with Crippen LogP contribution in [-0.2, 0) is 5.41 Å². The van der Waals surface area contributed by atoms with Crippen LogP contribution >= 0.6 is 11.5 Å². The third-order valence-corrected chi connectivity index (χ3v) is 7.72. The number of anilines is 1. The van der Waals surface area contributed by atoms with Crippen LogP contribution in [0.25, 0.3) is 0 Å². The molecule has 2 aromatic heterocycles. The molecular weight excluding hydrogens is 483 g/mol. The van der Waals surface area contributed by atoms with Gasteiger partial charge >= 0.3 is 6.03 Å². The van der Waals surface area contributed by atoms with Gasteiger partial charge in [-0.1, -0.05) is 12.1 Å². The average molecular weight is 511 g/mol. The van der Waals surface area contributed by atoms with Gasteiger partial charge in [-0.3, -0.25) is 9.78 Å². The highest BCUT2D eigenvalue weighted by Gasteiger charge is 2.45. The van der Waals surface area contributed by atoms with Crippen LogP contribution < -0.4 is 10.6 Å². The summed E-state index contributed by atoms with van der Waals surface area (Å²) in [5, 5.41) is 15.3. The Kier molecular flexibility index (Phi) is 6.67. The molecule has 0 radical (unpaired) electrons. The van der Waals surface area contributed by atoms with Crippen molar-refractivity contribution in [2.24, 2.45) is 0 Å². The number of rotatable bonds is 7. The lowest BCUT2D eigenvalue weighted by molar-refractivity contribution is 0.0945. The maximum absolute atomic E-state index is 14.5. The molecule has 0 spiro atoms. The Morgan fingerprint density at radius 3 is 2.81 bits per heavy atom. The van der Waals surface area contributed by atoms with Crippen LogP contribution in [0.1, 0.15) is 57.4 Å². The fourth-order valence-electron chi connectivity index (χ4n) is 4.61. The van der Waals surface area contributed by atoms with Crippen molar-refractivity contribution in [3.8, 4) is 0 Å². The molecule has 0 unspecified atom stereocenters. The summed E-state index contributed by atoms with van der Waals surface area (Å²) in [6.45, 7) is 2.34. The van der Waals surface area contributed by atoms with Gasteiger partial charge in [-0.25, -0.2) is 14.2 Å². The van der Waals surface area contributed by atoms with Crippen molar-refractivity contribution in [2.45, 2.75) is 37.5 Å². The highest BCUT2D eigenvalue weighted by molar-refractivity contribution is 7.05. The molecule has 9 nitrogen and oxygen atoms in total. The Bertz CT molecular complexity index is 1280. The lowest BCUT2D eigenvalue weighted by Crippen LogP contribution is -2.38. The summed E-state index contributed by atoms with van der Waals surface area (Å²) in [7, 11) is 0. The number of amides is 3. The summed E-state index contributed by atoms with van der Waals surface area (Å²) >= 11 is 1.24. The van der Waals surface area contributed by atoms with Crippen LogP contribution in [0.2, 0.25) is 0 Å². The number of pyridine rings is 1. The highest BCUT2D eigenvalue weighted by Crippen LogP contribution is 2.42. The van der Waals surface area contributed by atoms with E-state index in [4.69, 9.17) is 5.11 Å². The summed E-state index contributed by atoms with van der Waals surface area (Å²) in [4.78, 5) is 36.6. The van der Waals surface area contributed by atoms with Crippen molar-refractivity contribution in [3.05, 3.63) is 70.0 Å². The first kappa shape index (κ1) is 24.3. The number of nitrogens with one attached hydrogen (secondary N) is 2. The number of carbonyl (C=O) groups is 2. The maximum atomic E-state index is 14.5. The van der Waals surface area contributed by atoms with Crippen molar-refractivity contribution in [3.63, 3.8) is 0 Å². The van der Waals surface area contributed by atoms with Gasteiger partial charge in [-0.15, -0.1) is 0 Å². The number of aliphatic hydroxyl groups excluding tert-OH is 1. The Labute approximate surface area is 211 Å². The zero-order chi connectivity index (χ0) is 25.3. The minimum atomic E-state index is -0.675. The Morgan fingerprint density at radius 1 is 1.28 bits per heavy atom. The number of aryl methyl sites for hydroxylation is 1. The van der Waals surface area contributed by atoms with Crippen molar-refractivity contribution in [2.75, 3.05) is 31.6 Å². The summed E-state index contributed by atoms with van der Waals surface area (Å²) in [6, 6.07) is 6.54. The normalized spacial score (nSPS) is 19.4. The molecule has 3 heterocycles. The highest BCUT2D eigenvalue weighted by atomic mass is 32.1. The Hall–Kier alpha value is -3.44. The second kappa shape index (κ2) is 9.90. The second-order valence-corrected chi connectivity index (χ2v) is 10.1. The minimum Gasteiger partial charge on any atom is -0.395 e. The van der Waals surface area contributed by atoms with Gasteiger partial charge in [0.2, 0.25) is 0 Å². The molecule has 2 aliphatic rings. The van der Waals surface area contributed by atoms with Crippen LogP contribution in [0.5, 0.6) is 0 Å². The molecule has 3 amide bonds. The number of aromatic nitrogens is 3. The maximum Gasteiger partial charge on any atom is 0.321 e. The van der Waals surface area contributed by atoms with E-state index in [0.717, 1.165) is 29.1 Å². The Balaban J connectivity index is 1.41. The summed E-state index contributed by atoms with van der Waals surface area (Å²) < 4.78 is 18.7. The van der Waals surface area contributed by atoms with Gasteiger partial charge in [0.25, 0.3) is 5.91 Å². The SMILES string of the molecule is Cc1ccc([C@]2(c3ncns3)CCN(C(=O)Nc3cc(C4CC4)ncc3C(=O)NCCO)C2)cc1F. The molecule has 1 saturated heterocycles. The van der Waals surface area contributed by atoms with E-state index in [2.05, 4.69) is 25.0 Å². The molecule has 11 heteroatoms. The van der Waals surface area contributed by atoms with E-state index in [1.54, 1.807) is 24.0 Å². The second-order valence-electron chi connectivity index (χ2n) is 9.30. The van der Waals surface area contributed by atoms with Crippen LogP contribution in [0.15, 0.2) is 36.8 Å². The molecule has 36 heavy (non-hydrogen) atoms. The number of hydrogen-bond donors (Lipinski definition) is 3. The van der Waals surface area contributed by atoms with E-state index >= 15 is 0 Å². The van der Waals surface area contributed by atoms with Gasteiger partial charge in [-0.2, -0.15) is 4.37 Å². The fourth-order valence-corrected chi connectivity index (χ4v) is 5.36. The van der Waals surface area contributed by atoms with Crippen molar-refractivity contribution in [1.29, 1.82) is 0 Å². The fraction of sp³-hybridized carbons (Fsp3) is 0.400. The number of urea groups is 1. The predicted octanol–water partition coefficient (Wildman–Crippen LogP) is 3.20. The minimum absolute atomic E-state index is 0.0974. The van der Waals surface area contributed by atoms with E-state index in [1.165, 1.54) is 30.1 Å². The molecule has 1 atom stereocenters. The van der Waals surface area contributed by atoms with E-state index in [1.807, 2.05) is 6.07 Å². The first-order valence-corrected chi connectivity index (χ1v) is 12.7. The number of likely N-dealkylation sites (tertiary alicyclic amines) is 1. The quantitative estimate of drug-likeness (QED) is 0.449. The predicted molar refractivity (Wildman–Crippen MR) is 133 cm³/mol. The molecule has 188 valence electrons. The van der Waals surface area contributed by atoms with E-state index in [-0.39, 0.29) is 30.6 Å². The average Bonchev–Trinajstić information content (AvgIpc) is 3.37. The molecule has 3 aromatic rings. The molecule has 5 rings (SSSR count). The molecule has 1 saturated carbocycles. The summed E-state index contributed by atoms with van der Waals surface area (Å²) in [5.74, 6) is -0.389. The van der Waals surface area contributed by atoms with E-state index < -0.39 is 11.3 Å². The molecule has 0 bridgehead atoms. The molecule has 2 fully saturated rings. The van der Waals surface area contributed by atoms with Crippen LogP contribution in [0.4, 0.5) is 14.9 Å². The molecule has 1 aromatic carbocycles. The van der Waals surface area contributed by atoms with E-state index in [0.29, 0.717) is 36.7 Å². The number of benzene rings is 1. The summed E-state index contributed by atoms with van der Waals surface area (Å²) in [6.07, 6.45) is 5.56. The van der Waals surface area contributed by atoms with Crippen molar-refractivity contribution in [1.82, 2.24) is 24.6 Å². The van der Waals surface area contributed by atoms with Crippen LogP contribution in [0, 0.1) is 12.7 Å². The van der Waals surface area contributed by atoms with Gasteiger partial charge in [-0.05, 0) is 61.0 Å². The first-order chi connectivity index (χ1) is 17.4. The zero-order valence-electron chi connectivity index (χ0n) is 19.8. The summed E-state index contributed by atoms with van der Waals surface area (Å²) in [5.41, 5.74) is 2.07. The monoisotopic (exact) mass is 510 g/mol. The number of hydrogen-bond acceptors (Lipinski definition) is 7. The largest absolute Gasteiger partial charge is 0.395 e. The van der Waals surface area contributed by atoms with Crippen molar-refractivity contribution >= 4 is 29.2 Å². The molecule has 3 N–H and O–H groups in total. The zero-order valence-corrected chi connectivity index (χ0v) is 20.6. The number of aliphatic hydroxyl groups is 1. The van der Waals surface area contributed by atoms with Gasteiger partial charge in [0.1, 0.15) is 17.2 Å². The van der Waals surface area contributed by atoms with Crippen LogP contribution in [0.3, 0.4) is 0 Å². The Morgan fingerprint density at radius 2 is 2.11 bits per heavy atom. The van der Waals surface area contributed by atoms with Gasteiger partial charge in [0.15, 0.2) is 0 Å². The third-order valence-electron chi connectivity index (χ3n) is 6.86. The smallest absolute Gasteiger partial charge is 0.321 e. The molecular formula is C25H27FN6O3S. The van der Waals surface area contributed by atoms with Gasteiger partial charge < -0.3 is 20.6 Å². The van der Waals surface area contributed by atoms with Gasteiger partial charge in [0.05, 0.1) is 23.3 Å².